The topological polar surface area (TPSA) is 136 Å². The molecule has 0 bridgehead atoms. The van der Waals surface area contributed by atoms with Crippen molar-refractivity contribution in [3.8, 4) is 5.75 Å². The first-order valence-electron chi connectivity index (χ1n) is 10.7. The quantitative estimate of drug-likeness (QED) is 0.592. The molecule has 1 saturated heterocycles. The Labute approximate surface area is 189 Å². The van der Waals surface area contributed by atoms with Gasteiger partial charge in [0.25, 0.3) is 0 Å². The molecule has 1 amide bonds. The summed E-state index contributed by atoms with van der Waals surface area (Å²) in [6, 6.07) is -0.584. The van der Waals surface area contributed by atoms with E-state index in [0.717, 1.165) is 0 Å². The SMILES string of the molecule is CC1COc2c(N3CCC(NC(=O)OC(C)(C)C)C3)c(F)c(N)c3c(=O)c(C(=O)O)cn1c23. The van der Waals surface area contributed by atoms with Crippen molar-refractivity contribution in [2.75, 3.05) is 30.3 Å². The fourth-order valence-corrected chi connectivity index (χ4v) is 4.32. The number of carbonyl (C=O) groups excluding carboxylic acids is 1. The van der Waals surface area contributed by atoms with Crippen molar-refractivity contribution < 1.29 is 28.6 Å². The number of carboxylic acid groups (broad SMARTS) is 1. The number of aromatic carboxylic acids is 1. The normalized spacial score (nSPS) is 20.0. The second kappa shape index (κ2) is 7.82. The standard InChI is InChI=1S/C22H27FN4O6/c1-10-9-32-19-16-13(18(28)12(20(29)30)8-27(10)16)15(24)14(23)17(19)26-6-5-11(7-26)25-21(31)33-22(2,3)4/h8,10-11H,5-7,9,24H2,1-4H3,(H,25,31)(H,29,30). The molecule has 0 radical (unpaired) electrons. The second-order valence-electron chi connectivity index (χ2n) is 9.45. The number of anilines is 2. The number of nitrogens with zero attached hydrogens (tertiary/aromatic N) is 2. The van der Waals surface area contributed by atoms with Crippen LogP contribution in [0.1, 0.15) is 50.5 Å². The van der Waals surface area contributed by atoms with E-state index in [-0.39, 0.29) is 47.6 Å². The van der Waals surface area contributed by atoms with Gasteiger partial charge in [-0.05, 0) is 34.1 Å². The van der Waals surface area contributed by atoms with Crippen molar-refractivity contribution in [1.29, 1.82) is 0 Å². The van der Waals surface area contributed by atoms with Gasteiger partial charge in [0.2, 0.25) is 5.43 Å². The Balaban J connectivity index is 1.77. The monoisotopic (exact) mass is 462 g/mol. The minimum atomic E-state index is -1.41. The lowest BCUT2D eigenvalue weighted by Gasteiger charge is -2.32. The number of pyridine rings is 1. The van der Waals surface area contributed by atoms with E-state index < -0.39 is 40.2 Å². The van der Waals surface area contributed by atoms with E-state index in [1.54, 1.807) is 37.2 Å². The molecule has 0 aliphatic carbocycles. The highest BCUT2D eigenvalue weighted by molar-refractivity contribution is 6.03. The van der Waals surface area contributed by atoms with Crippen LogP contribution in [0.4, 0.5) is 20.6 Å². The van der Waals surface area contributed by atoms with Crippen LogP contribution in [0.15, 0.2) is 11.0 Å². The summed E-state index contributed by atoms with van der Waals surface area (Å²) in [5.41, 5.74) is 4.00. The fraction of sp³-hybridized carbons (Fsp3) is 0.500. The summed E-state index contributed by atoms with van der Waals surface area (Å²) in [7, 11) is 0. The predicted molar refractivity (Wildman–Crippen MR) is 120 cm³/mol. The summed E-state index contributed by atoms with van der Waals surface area (Å²) in [6.07, 6.45) is 1.23. The number of halogens is 1. The van der Waals surface area contributed by atoms with Gasteiger partial charge in [0.05, 0.1) is 28.7 Å². The van der Waals surface area contributed by atoms with Gasteiger partial charge in [-0.1, -0.05) is 0 Å². The molecule has 10 nitrogen and oxygen atoms in total. The number of ether oxygens (including phenoxy) is 2. The molecule has 33 heavy (non-hydrogen) atoms. The third-order valence-corrected chi connectivity index (χ3v) is 5.78. The summed E-state index contributed by atoms with van der Waals surface area (Å²) in [5.74, 6) is -2.12. The Hall–Kier alpha value is -3.50. The molecule has 1 aromatic heterocycles. The van der Waals surface area contributed by atoms with Crippen molar-refractivity contribution in [1.82, 2.24) is 9.88 Å². The Morgan fingerprint density at radius 3 is 2.70 bits per heavy atom. The highest BCUT2D eigenvalue weighted by atomic mass is 19.1. The number of aromatic nitrogens is 1. The Bertz CT molecular complexity index is 1220. The van der Waals surface area contributed by atoms with Crippen molar-refractivity contribution in [2.45, 2.75) is 51.8 Å². The molecule has 1 aromatic carbocycles. The third-order valence-electron chi connectivity index (χ3n) is 5.78. The maximum Gasteiger partial charge on any atom is 0.407 e. The molecule has 0 saturated carbocycles. The average Bonchev–Trinajstić information content (AvgIpc) is 3.14. The highest BCUT2D eigenvalue weighted by Gasteiger charge is 2.35. The fourth-order valence-electron chi connectivity index (χ4n) is 4.32. The van der Waals surface area contributed by atoms with E-state index in [1.807, 2.05) is 0 Å². The smallest absolute Gasteiger partial charge is 0.407 e. The van der Waals surface area contributed by atoms with Crippen molar-refractivity contribution >= 4 is 34.3 Å². The molecule has 0 spiro atoms. The van der Waals surface area contributed by atoms with E-state index in [0.29, 0.717) is 13.0 Å². The molecular weight excluding hydrogens is 435 g/mol. The summed E-state index contributed by atoms with van der Waals surface area (Å²) in [5, 5.41) is 12.0. The van der Waals surface area contributed by atoms with Crippen LogP contribution < -0.4 is 26.1 Å². The molecule has 2 aromatic rings. The van der Waals surface area contributed by atoms with Crippen molar-refractivity contribution in [3.05, 3.63) is 27.8 Å². The van der Waals surface area contributed by atoms with Crippen LogP contribution in [0, 0.1) is 5.82 Å². The van der Waals surface area contributed by atoms with Crippen molar-refractivity contribution in [2.24, 2.45) is 0 Å². The highest BCUT2D eigenvalue weighted by Crippen LogP contribution is 2.45. The number of alkyl carbamates (subject to hydrolysis) is 1. The van der Waals surface area contributed by atoms with E-state index >= 15 is 4.39 Å². The Morgan fingerprint density at radius 2 is 2.06 bits per heavy atom. The molecule has 4 N–H and O–H groups in total. The lowest BCUT2D eigenvalue weighted by molar-refractivity contribution is 0.0508. The van der Waals surface area contributed by atoms with Gasteiger partial charge in [0.15, 0.2) is 11.6 Å². The molecule has 4 rings (SSSR count). The molecular formula is C22H27FN4O6. The van der Waals surface area contributed by atoms with Gasteiger partial charge < -0.3 is 35.1 Å². The summed E-state index contributed by atoms with van der Waals surface area (Å²) in [6.45, 7) is 7.94. The zero-order valence-corrected chi connectivity index (χ0v) is 18.9. The number of carbonyl (C=O) groups is 2. The maximum atomic E-state index is 15.6. The van der Waals surface area contributed by atoms with Crippen LogP contribution in [-0.4, -0.2) is 53.1 Å². The second-order valence-corrected chi connectivity index (χ2v) is 9.45. The van der Waals surface area contributed by atoms with E-state index in [4.69, 9.17) is 15.2 Å². The minimum Gasteiger partial charge on any atom is -0.487 e. The molecule has 1 fully saturated rings. The third kappa shape index (κ3) is 3.91. The predicted octanol–water partition coefficient (Wildman–Crippen LogP) is 2.48. The number of hydrogen-bond acceptors (Lipinski definition) is 7. The number of carboxylic acids is 1. The summed E-state index contributed by atoms with van der Waals surface area (Å²) in [4.78, 5) is 38.3. The molecule has 2 aliphatic heterocycles. The molecule has 2 unspecified atom stereocenters. The molecule has 11 heteroatoms. The van der Waals surface area contributed by atoms with Crippen LogP contribution in [-0.2, 0) is 4.74 Å². The maximum absolute atomic E-state index is 15.6. The number of hydrogen-bond donors (Lipinski definition) is 3. The van der Waals surface area contributed by atoms with E-state index in [9.17, 15) is 19.5 Å². The Kier molecular flexibility index (Phi) is 5.38. The van der Waals surface area contributed by atoms with Crippen LogP contribution in [0.25, 0.3) is 10.9 Å². The van der Waals surface area contributed by atoms with Gasteiger partial charge in [-0.3, -0.25) is 4.79 Å². The number of nitrogens with two attached hydrogens (primary N) is 1. The number of nitrogen functional groups attached to an aromatic ring is 1. The van der Waals surface area contributed by atoms with Crippen molar-refractivity contribution in [3.63, 3.8) is 0 Å². The molecule has 3 heterocycles. The molecule has 2 aliphatic rings. The first kappa shape index (κ1) is 22.7. The number of benzene rings is 1. The first-order chi connectivity index (χ1) is 15.4. The summed E-state index contributed by atoms with van der Waals surface area (Å²) >= 11 is 0. The molecule has 178 valence electrons. The van der Waals surface area contributed by atoms with E-state index in [2.05, 4.69) is 5.32 Å². The van der Waals surface area contributed by atoms with Gasteiger partial charge in [0, 0.05) is 19.3 Å². The first-order valence-corrected chi connectivity index (χ1v) is 10.7. The van der Waals surface area contributed by atoms with Gasteiger partial charge >= 0.3 is 12.1 Å². The van der Waals surface area contributed by atoms with E-state index in [1.165, 1.54) is 6.20 Å². The van der Waals surface area contributed by atoms with Crippen LogP contribution >= 0.6 is 0 Å². The van der Waals surface area contributed by atoms with Gasteiger partial charge in [-0.2, -0.15) is 0 Å². The van der Waals surface area contributed by atoms with Crippen LogP contribution in [0.5, 0.6) is 5.75 Å². The zero-order chi connectivity index (χ0) is 24.2. The van der Waals surface area contributed by atoms with Crippen LogP contribution in [0.2, 0.25) is 0 Å². The minimum absolute atomic E-state index is 0.0941. The summed E-state index contributed by atoms with van der Waals surface area (Å²) < 4.78 is 28.3. The lowest BCUT2D eigenvalue weighted by Crippen LogP contribution is -2.40. The number of nitrogens with one attached hydrogen (secondary N) is 1. The van der Waals surface area contributed by atoms with Gasteiger partial charge in [-0.25, -0.2) is 14.0 Å². The average molecular weight is 462 g/mol. The number of amides is 1. The zero-order valence-electron chi connectivity index (χ0n) is 18.9. The molecule has 2 atom stereocenters. The van der Waals surface area contributed by atoms with Crippen LogP contribution in [0.3, 0.4) is 0 Å². The Morgan fingerprint density at radius 1 is 1.36 bits per heavy atom. The van der Waals surface area contributed by atoms with Gasteiger partial charge in [0.1, 0.15) is 23.5 Å². The largest absolute Gasteiger partial charge is 0.487 e. The van der Waals surface area contributed by atoms with Gasteiger partial charge in [-0.15, -0.1) is 0 Å². The number of rotatable bonds is 3. The lowest BCUT2D eigenvalue weighted by atomic mass is 10.0.